The van der Waals surface area contributed by atoms with Gasteiger partial charge in [-0.05, 0) is 36.7 Å². The minimum absolute atomic E-state index is 0.0980. The Morgan fingerprint density at radius 2 is 2.12 bits per heavy atom. The van der Waals surface area contributed by atoms with Crippen LogP contribution in [-0.2, 0) is 11.3 Å². The lowest BCUT2D eigenvalue weighted by atomic mass is 9.99. The van der Waals surface area contributed by atoms with Crippen molar-refractivity contribution >= 4 is 5.91 Å². The number of rotatable bonds is 4. The first kappa shape index (κ1) is 11.6. The molecule has 0 aliphatic carbocycles. The van der Waals surface area contributed by atoms with Crippen LogP contribution in [0, 0.1) is 17.2 Å². The molecule has 0 atom stereocenters. The molecule has 1 heterocycles. The number of nitrogens with zero attached hydrogens (tertiary/aromatic N) is 1. The topological polar surface area (TPSA) is 64.9 Å². The van der Waals surface area contributed by atoms with Crippen LogP contribution in [0.3, 0.4) is 0 Å². The Kier molecular flexibility index (Phi) is 3.73. The summed E-state index contributed by atoms with van der Waals surface area (Å²) in [7, 11) is 0. The van der Waals surface area contributed by atoms with Gasteiger partial charge < -0.3 is 10.6 Å². The second-order valence-corrected chi connectivity index (χ2v) is 4.31. The Bertz CT molecular complexity index is 429. The minimum atomic E-state index is 0.0980. The van der Waals surface area contributed by atoms with Crippen molar-refractivity contribution in [2.75, 3.05) is 13.1 Å². The molecule has 2 rings (SSSR count). The van der Waals surface area contributed by atoms with Crippen LogP contribution in [0.5, 0.6) is 0 Å². The second kappa shape index (κ2) is 5.46. The molecule has 4 nitrogen and oxygen atoms in total. The molecule has 0 saturated carbocycles. The summed E-state index contributed by atoms with van der Waals surface area (Å²) < 4.78 is 0. The Balaban J connectivity index is 1.76. The average molecular weight is 229 g/mol. The molecule has 1 fully saturated rings. The maximum atomic E-state index is 11.6. The van der Waals surface area contributed by atoms with Gasteiger partial charge in [-0.15, -0.1) is 0 Å². The van der Waals surface area contributed by atoms with E-state index in [0.717, 1.165) is 18.7 Å². The monoisotopic (exact) mass is 229 g/mol. The van der Waals surface area contributed by atoms with Gasteiger partial charge >= 0.3 is 0 Å². The van der Waals surface area contributed by atoms with E-state index in [0.29, 0.717) is 24.4 Å². The van der Waals surface area contributed by atoms with Crippen molar-refractivity contribution in [2.24, 2.45) is 5.92 Å². The number of nitrogens with one attached hydrogen (secondary N) is 2. The molecule has 0 spiro atoms. The van der Waals surface area contributed by atoms with Crippen molar-refractivity contribution in [3.05, 3.63) is 35.4 Å². The van der Waals surface area contributed by atoms with Gasteiger partial charge in [-0.25, -0.2) is 0 Å². The van der Waals surface area contributed by atoms with E-state index in [9.17, 15) is 4.79 Å². The summed E-state index contributed by atoms with van der Waals surface area (Å²) in [6.07, 6.45) is 0.600. The van der Waals surface area contributed by atoms with Gasteiger partial charge in [-0.2, -0.15) is 5.26 Å². The van der Waals surface area contributed by atoms with Gasteiger partial charge in [0.05, 0.1) is 11.6 Å². The third-order valence-electron chi connectivity index (χ3n) is 2.91. The zero-order chi connectivity index (χ0) is 12.1. The summed E-state index contributed by atoms with van der Waals surface area (Å²) in [6, 6.07) is 9.32. The first-order chi connectivity index (χ1) is 8.28. The lowest BCUT2D eigenvalue weighted by Crippen LogP contribution is -2.44. The predicted molar refractivity (Wildman–Crippen MR) is 64.0 cm³/mol. The van der Waals surface area contributed by atoms with Crippen LogP contribution in [0.15, 0.2) is 24.3 Å². The molecule has 1 aromatic carbocycles. The number of benzene rings is 1. The van der Waals surface area contributed by atoms with Gasteiger partial charge in [0.15, 0.2) is 0 Å². The van der Waals surface area contributed by atoms with Crippen molar-refractivity contribution in [3.8, 4) is 6.07 Å². The van der Waals surface area contributed by atoms with Gasteiger partial charge in [-0.1, -0.05) is 12.1 Å². The molecule has 88 valence electrons. The molecule has 0 aromatic heterocycles. The molecule has 4 heteroatoms. The van der Waals surface area contributed by atoms with Crippen LogP contribution < -0.4 is 10.6 Å². The van der Waals surface area contributed by atoms with E-state index in [-0.39, 0.29) is 5.91 Å². The van der Waals surface area contributed by atoms with Crippen molar-refractivity contribution in [1.29, 1.82) is 5.26 Å². The maximum absolute atomic E-state index is 11.6. The first-order valence-electron chi connectivity index (χ1n) is 5.74. The van der Waals surface area contributed by atoms with E-state index in [1.807, 2.05) is 12.1 Å². The fraction of sp³-hybridized carbons (Fsp3) is 0.385. The van der Waals surface area contributed by atoms with E-state index in [1.54, 1.807) is 12.1 Å². The van der Waals surface area contributed by atoms with E-state index < -0.39 is 0 Å². The minimum Gasteiger partial charge on any atom is -0.352 e. The normalized spacial score (nSPS) is 14.8. The predicted octanol–water partition coefficient (Wildman–Crippen LogP) is 0.784. The summed E-state index contributed by atoms with van der Waals surface area (Å²) in [4.78, 5) is 11.6. The van der Waals surface area contributed by atoms with Crippen LogP contribution in [0.4, 0.5) is 0 Å². The van der Waals surface area contributed by atoms with Gasteiger partial charge in [-0.3, -0.25) is 4.79 Å². The van der Waals surface area contributed by atoms with Crippen LogP contribution in [0.25, 0.3) is 0 Å². The standard InChI is InChI=1S/C13H15N3O/c14-6-10-1-3-11(4-2-10)9-16-13(17)5-12-7-15-8-12/h1-4,12,15H,5,7-9H2,(H,16,17). The van der Waals surface area contributed by atoms with Crippen LogP contribution in [0.2, 0.25) is 0 Å². The first-order valence-corrected chi connectivity index (χ1v) is 5.74. The Morgan fingerprint density at radius 3 is 2.65 bits per heavy atom. The fourth-order valence-electron chi connectivity index (χ4n) is 1.72. The molecular weight excluding hydrogens is 214 g/mol. The van der Waals surface area contributed by atoms with E-state index in [2.05, 4.69) is 16.7 Å². The molecule has 1 aliphatic heterocycles. The fourth-order valence-corrected chi connectivity index (χ4v) is 1.72. The van der Waals surface area contributed by atoms with Gasteiger partial charge in [0.2, 0.25) is 5.91 Å². The summed E-state index contributed by atoms with van der Waals surface area (Å²) in [5, 5.41) is 14.7. The molecule has 2 N–H and O–H groups in total. The highest BCUT2D eigenvalue weighted by atomic mass is 16.1. The van der Waals surface area contributed by atoms with Gasteiger partial charge in [0.25, 0.3) is 0 Å². The number of amides is 1. The second-order valence-electron chi connectivity index (χ2n) is 4.31. The van der Waals surface area contributed by atoms with Crippen molar-refractivity contribution in [1.82, 2.24) is 10.6 Å². The third-order valence-corrected chi connectivity index (χ3v) is 2.91. The van der Waals surface area contributed by atoms with E-state index in [4.69, 9.17) is 5.26 Å². The smallest absolute Gasteiger partial charge is 0.220 e. The summed E-state index contributed by atoms with van der Waals surface area (Å²) in [5.41, 5.74) is 1.66. The molecule has 1 aromatic rings. The van der Waals surface area contributed by atoms with Crippen LogP contribution >= 0.6 is 0 Å². The number of hydrogen-bond donors (Lipinski definition) is 2. The van der Waals surface area contributed by atoms with Crippen molar-refractivity contribution < 1.29 is 4.79 Å². The van der Waals surface area contributed by atoms with Crippen LogP contribution in [-0.4, -0.2) is 19.0 Å². The maximum Gasteiger partial charge on any atom is 0.220 e. The quantitative estimate of drug-likeness (QED) is 0.802. The molecule has 1 amide bonds. The van der Waals surface area contributed by atoms with Crippen LogP contribution in [0.1, 0.15) is 17.5 Å². The summed E-state index contributed by atoms with van der Waals surface area (Å²) >= 11 is 0. The highest BCUT2D eigenvalue weighted by Crippen LogP contribution is 2.08. The largest absolute Gasteiger partial charge is 0.352 e. The van der Waals surface area contributed by atoms with Crippen molar-refractivity contribution in [3.63, 3.8) is 0 Å². The summed E-state index contributed by atoms with van der Waals surface area (Å²) in [6.45, 7) is 2.43. The SMILES string of the molecule is N#Cc1ccc(CNC(=O)CC2CNC2)cc1. The molecule has 0 bridgehead atoms. The number of carbonyl (C=O) groups excluding carboxylic acids is 1. The van der Waals surface area contributed by atoms with Crippen molar-refractivity contribution in [2.45, 2.75) is 13.0 Å². The van der Waals surface area contributed by atoms with E-state index >= 15 is 0 Å². The molecule has 1 aliphatic rings. The zero-order valence-electron chi connectivity index (χ0n) is 9.57. The van der Waals surface area contributed by atoms with Gasteiger partial charge in [0, 0.05) is 13.0 Å². The Morgan fingerprint density at radius 1 is 1.41 bits per heavy atom. The van der Waals surface area contributed by atoms with Gasteiger partial charge in [0.1, 0.15) is 0 Å². The lowest BCUT2D eigenvalue weighted by Gasteiger charge is -2.26. The number of hydrogen-bond acceptors (Lipinski definition) is 3. The molecule has 1 saturated heterocycles. The Labute approximate surface area is 101 Å². The highest BCUT2D eigenvalue weighted by Gasteiger charge is 2.19. The average Bonchev–Trinajstić information content (AvgIpc) is 2.32. The zero-order valence-corrected chi connectivity index (χ0v) is 9.57. The van der Waals surface area contributed by atoms with E-state index in [1.165, 1.54) is 0 Å². The lowest BCUT2D eigenvalue weighted by molar-refractivity contribution is -0.122. The number of carbonyl (C=O) groups is 1. The highest BCUT2D eigenvalue weighted by molar-refractivity contribution is 5.76. The Hall–Kier alpha value is -1.86. The third kappa shape index (κ3) is 3.30. The molecule has 0 unspecified atom stereocenters. The molecule has 17 heavy (non-hydrogen) atoms. The summed E-state index contributed by atoms with van der Waals surface area (Å²) in [5.74, 6) is 0.594. The number of nitriles is 1. The molecule has 0 radical (unpaired) electrons. The molecular formula is C13H15N3O.